The van der Waals surface area contributed by atoms with Gasteiger partial charge in [-0.2, -0.15) is 5.26 Å². The van der Waals surface area contributed by atoms with Crippen molar-refractivity contribution in [2.24, 2.45) is 0 Å². The molecule has 7 heteroatoms. The highest BCUT2D eigenvalue weighted by Gasteiger charge is 2.20. The van der Waals surface area contributed by atoms with E-state index < -0.39 is 5.82 Å². The summed E-state index contributed by atoms with van der Waals surface area (Å²) < 4.78 is 15.9. The number of hydrogen-bond acceptors (Lipinski definition) is 5. The molecule has 0 saturated carbocycles. The number of imidazole rings is 1. The molecule has 1 aromatic carbocycles. The third-order valence-electron chi connectivity index (χ3n) is 4.64. The minimum atomic E-state index is -0.651. The SMILES string of the molecule is CN/C(C)=C1/C=C(n2c(-c3ccc(C#N)c(F)c3)nc(C=O)c2C)C=CC1=N. The Bertz CT molecular complexity index is 1130. The fourth-order valence-electron chi connectivity index (χ4n) is 3.00. The van der Waals surface area contributed by atoms with E-state index in [4.69, 9.17) is 10.7 Å². The van der Waals surface area contributed by atoms with Crippen LogP contribution in [0.1, 0.15) is 28.7 Å². The van der Waals surface area contributed by atoms with Crippen molar-refractivity contribution in [3.63, 3.8) is 0 Å². The van der Waals surface area contributed by atoms with Crippen molar-refractivity contribution >= 4 is 17.7 Å². The molecular weight excluding hydrogens is 357 g/mol. The van der Waals surface area contributed by atoms with E-state index >= 15 is 0 Å². The zero-order valence-corrected chi connectivity index (χ0v) is 15.7. The van der Waals surface area contributed by atoms with Crippen LogP contribution in [0.2, 0.25) is 0 Å². The maximum Gasteiger partial charge on any atom is 0.170 e. The van der Waals surface area contributed by atoms with Gasteiger partial charge in [-0.1, -0.05) is 0 Å². The molecule has 140 valence electrons. The van der Waals surface area contributed by atoms with Gasteiger partial charge in [0.2, 0.25) is 0 Å². The molecule has 3 rings (SSSR count). The molecule has 0 aliphatic heterocycles. The summed E-state index contributed by atoms with van der Waals surface area (Å²) in [7, 11) is 1.78. The Morgan fingerprint density at radius 1 is 1.39 bits per heavy atom. The molecule has 0 spiro atoms. The second-order valence-electron chi connectivity index (χ2n) is 6.27. The van der Waals surface area contributed by atoms with E-state index in [-0.39, 0.29) is 11.3 Å². The average Bonchev–Trinajstić information content (AvgIpc) is 3.04. The Morgan fingerprint density at radius 2 is 2.14 bits per heavy atom. The molecule has 0 unspecified atom stereocenters. The molecule has 0 amide bonds. The van der Waals surface area contributed by atoms with E-state index in [1.807, 2.05) is 13.0 Å². The lowest BCUT2D eigenvalue weighted by atomic mass is 10.0. The first-order chi connectivity index (χ1) is 13.4. The number of nitrogens with zero attached hydrogens (tertiary/aromatic N) is 3. The highest BCUT2D eigenvalue weighted by atomic mass is 19.1. The van der Waals surface area contributed by atoms with Crippen LogP contribution < -0.4 is 5.32 Å². The number of rotatable bonds is 4. The van der Waals surface area contributed by atoms with Gasteiger partial charge in [0.05, 0.1) is 17.0 Å². The van der Waals surface area contributed by atoms with Crippen LogP contribution in [0.4, 0.5) is 4.39 Å². The number of nitrogens with one attached hydrogen (secondary N) is 2. The zero-order valence-electron chi connectivity index (χ0n) is 15.7. The maximum atomic E-state index is 14.2. The third kappa shape index (κ3) is 3.16. The summed E-state index contributed by atoms with van der Waals surface area (Å²) in [4.78, 5) is 15.8. The van der Waals surface area contributed by atoms with Crippen molar-refractivity contribution in [1.82, 2.24) is 14.9 Å². The lowest BCUT2D eigenvalue weighted by molar-refractivity contribution is 0.111. The molecule has 6 nitrogen and oxygen atoms in total. The minimum absolute atomic E-state index is 0.0609. The smallest absolute Gasteiger partial charge is 0.170 e. The number of benzene rings is 1. The van der Waals surface area contributed by atoms with Crippen LogP contribution >= 0.6 is 0 Å². The predicted molar refractivity (Wildman–Crippen MR) is 105 cm³/mol. The van der Waals surface area contributed by atoms with Gasteiger partial charge in [-0.05, 0) is 50.3 Å². The zero-order chi connectivity index (χ0) is 20.4. The summed E-state index contributed by atoms with van der Waals surface area (Å²) in [5, 5.41) is 20.1. The molecular formula is C21H18FN5O. The van der Waals surface area contributed by atoms with Crippen LogP contribution in [0.15, 0.2) is 47.7 Å². The van der Waals surface area contributed by atoms with Crippen molar-refractivity contribution in [2.45, 2.75) is 13.8 Å². The monoisotopic (exact) mass is 375 g/mol. The third-order valence-corrected chi connectivity index (χ3v) is 4.64. The van der Waals surface area contributed by atoms with E-state index in [9.17, 15) is 9.18 Å². The van der Waals surface area contributed by atoms with Crippen molar-refractivity contribution in [2.75, 3.05) is 7.05 Å². The van der Waals surface area contributed by atoms with Crippen molar-refractivity contribution in [3.8, 4) is 17.5 Å². The summed E-state index contributed by atoms with van der Waals surface area (Å²) in [6.45, 7) is 3.62. The number of halogens is 1. The number of carbonyl (C=O) groups is 1. The fourth-order valence-corrected chi connectivity index (χ4v) is 3.00. The van der Waals surface area contributed by atoms with Gasteiger partial charge < -0.3 is 10.7 Å². The predicted octanol–water partition coefficient (Wildman–Crippen LogP) is 3.61. The Balaban J connectivity index is 2.25. The highest BCUT2D eigenvalue weighted by Crippen LogP contribution is 2.30. The van der Waals surface area contributed by atoms with Gasteiger partial charge in [0.15, 0.2) is 6.29 Å². The van der Waals surface area contributed by atoms with Gasteiger partial charge in [0.25, 0.3) is 0 Å². The Morgan fingerprint density at radius 3 is 2.75 bits per heavy atom. The van der Waals surface area contributed by atoms with Crippen molar-refractivity contribution in [3.05, 3.63) is 70.5 Å². The molecule has 1 aliphatic carbocycles. The largest absolute Gasteiger partial charge is 0.391 e. The second-order valence-corrected chi connectivity index (χ2v) is 6.27. The first kappa shape index (κ1) is 19.0. The minimum Gasteiger partial charge on any atom is -0.391 e. The summed E-state index contributed by atoms with van der Waals surface area (Å²) in [5.41, 5.74) is 3.80. The van der Waals surface area contributed by atoms with Crippen LogP contribution in [0.5, 0.6) is 0 Å². The Hall–Kier alpha value is -3.79. The van der Waals surface area contributed by atoms with E-state index in [1.165, 1.54) is 12.1 Å². The van der Waals surface area contributed by atoms with Crippen molar-refractivity contribution in [1.29, 1.82) is 10.7 Å². The number of allylic oxidation sites excluding steroid dienone is 6. The first-order valence-corrected chi connectivity index (χ1v) is 8.53. The summed E-state index contributed by atoms with van der Waals surface area (Å²) in [6, 6.07) is 6.01. The molecule has 1 aromatic heterocycles. The maximum absolute atomic E-state index is 14.2. The lowest BCUT2D eigenvalue weighted by Crippen LogP contribution is -2.13. The molecule has 1 heterocycles. The quantitative estimate of drug-likeness (QED) is 0.798. The molecule has 0 atom stereocenters. The lowest BCUT2D eigenvalue weighted by Gasteiger charge is -2.17. The van der Waals surface area contributed by atoms with Crippen LogP contribution in [0.25, 0.3) is 17.1 Å². The molecule has 2 N–H and O–H groups in total. The van der Waals surface area contributed by atoms with E-state index in [0.29, 0.717) is 40.3 Å². The Labute approximate surface area is 161 Å². The van der Waals surface area contributed by atoms with Gasteiger partial charge in [0.1, 0.15) is 23.4 Å². The van der Waals surface area contributed by atoms with Crippen LogP contribution in [0, 0.1) is 29.5 Å². The van der Waals surface area contributed by atoms with Crippen LogP contribution in [0.3, 0.4) is 0 Å². The normalized spacial score (nSPS) is 15.1. The average molecular weight is 375 g/mol. The van der Waals surface area contributed by atoms with E-state index in [1.54, 1.807) is 42.8 Å². The number of aldehydes is 1. The second kappa shape index (κ2) is 7.45. The summed E-state index contributed by atoms with van der Waals surface area (Å²) >= 11 is 0. The number of aromatic nitrogens is 2. The van der Waals surface area contributed by atoms with Crippen LogP contribution in [-0.2, 0) is 0 Å². The molecule has 28 heavy (non-hydrogen) atoms. The Kier molecular flexibility index (Phi) is 5.05. The molecule has 2 aromatic rings. The first-order valence-electron chi connectivity index (χ1n) is 8.53. The molecule has 0 bridgehead atoms. The van der Waals surface area contributed by atoms with Crippen molar-refractivity contribution < 1.29 is 9.18 Å². The van der Waals surface area contributed by atoms with E-state index in [2.05, 4.69) is 10.3 Å². The number of nitriles is 1. The standard InChI is InChI=1S/C21H18FN5O/c1-12(25-3)17-9-16(6-7-19(17)24)27-13(2)20(11-28)26-21(27)14-4-5-15(10-23)18(22)8-14/h4-9,11,24-25H,1-3H3/b17-12-,24-19?. The summed E-state index contributed by atoms with van der Waals surface area (Å²) in [6.07, 6.45) is 5.89. The number of carbonyl (C=O) groups excluding carboxylic acids is 1. The fraction of sp³-hybridized carbons (Fsp3) is 0.143. The summed E-state index contributed by atoms with van der Waals surface area (Å²) in [5.74, 6) is -0.268. The molecule has 1 aliphatic rings. The van der Waals surface area contributed by atoms with Gasteiger partial charge in [0, 0.05) is 29.6 Å². The van der Waals surface area contributed by atoms with Gasteiger partial charge in [-0.3, -0.25) is 9.36 Å². The molecule has 0 saturated heterocycles. The number of hydrogen-bond donors (Lipinski definition) is 2. The van der Waals surface area contributed by atoms with Gasteiger partial charge in [-0.15, -0.1) is 0 Å². The topological polar surface area (TPSA) is 94.6 Å². The molecule has 0 fully saturated rings. The van der Waals surface area contributed by atoms with Gasteiger partial charge >= 0.3 is 0 Å². The molecule has 0 radical (unpaired) electrons. The van der Waals surface area contributed by atoms with Crippen LogP contribution in [-0.4, -0.2) is 28.6 Å². The van der Waals surface area contributed by atoms with E-state index in [0.717, 1.165) is 5.70 Å². The van der Waals surface area contributed by atoms with Gasteiger partial charge in [-0.25, -0.2) is 9.37 Å². The highest BCUT2D eigenvalue weighted by molar-refractivity contribution is 6.12.